The van der Waals surface area contributed by atoms with E-state index in [1.165, 1.54) is 5.56 Å². The van der Waals surface area contributed by atoms with Gasteiger partial charge in [-0.15, -0.1) is 6.58 Å². The largest absolute Gasteiger partial charge is 0.326 e. The van der Waals surface area contributed by atoms with Gasteiger partial charge in [0.05, 0.1) is 0 Å². The highest BCUT2D eigenvalue weighted by Gasteiger charge is 2.12. The quantitative estimate of drug-likeness (QED) is 0.627. The fourth-order valence-electron chi connectivity index (χ4n) is 1.32. The minimum absolute atomic E-state index is 0. The van der Waals surface area contributed by atoms with Crippen molar-refractivity contribution in [1.29, 1.82) is 0 Å². The van der Waals surface area contributed by atoms with E-state index in [1.807, 2.05) is 25.1 Å². The van der Waals surface area contributed by atoms with Gasteiger partial charge in [-0.05, 0) is 25.0 Å². The van der Waals surface area contributed by atoms with Crippen molar-refractivity contribution < 1.29 is 6.22 Å². The molecule has 2 nitrogen and oxygen atoms in total. The highest BCUT2D eigenvalue weighted by atomic mass is 16.1. The molecule has 0 saturated heterocycles. The number of anilines is 1. The molecule has 1 aliphatic heterocycles. The van der Waals surface area contributed by atoms with Crippen LogP contribution in [0.15, 0.2) is 36.9 Å². The number of benzene rings is 1. The second kappa shape index (κ2) is 5.22. The molecule has 76 valence electrons. The third kappa shape index (κ3) is 2.73. The number of aryl methyl sites for hydroxylation is 1. The first-order valence-electron chi connectivity index (χ1n) is 4.72. The summed E-state index contributed by atoms with van der Waals surface area (Å²) in [5, 5.41) is 2.82. The lowest BCUT2D eigenvalue weighted by Gasteiger charge is -2.15. The Morgan fingerprint density at radius 3 is 2.79 bits per heavy atom. The minimum Gasteiger partial charge on any atom is -0.326 e. The molecule has 0 aliphatic carbocycles. The standard InChI is InChI=1S/C9H9NO.C3H6.H2/c11-9-6-5-7-3-1-2-4-8(7)10-9;1-3-2;/h1-4H,5-6H2,(H,10,11);3H,1H2,2H3;1H. The number of carbonyl (C=O) groups excluding carboxylic acids is 1. The highest BCUT2D eigenvalue weighted by molar-refractivity contribution is 5.93. The van der Waals surface area contributed by atoms with Crippen LogP contribution in [0, 0.1) is 0 Å². The van der Waals surface area contributed by atoms with Gasteiger partial charge in [-0.1, -0.05) is 24.3 Å². The van der Waals surface area contributed by atoms with Crippen molar-refractivity contribution in [2.24, 2.45) is 0 Å². The number of carbonyl (C=O) groups is 1. The molecule has 0 atom stereocenters. The van der Waals surface area contributed by atoms with Crippen LogP contribution in [0.1, 0.15) is 20.3 Å². The lowest BCUT2D eigenvalue weighted by atomic mass is 10.0. The van der Waals surface area contributed by atoms with E-state index in [2.05, 4.69) is 18.0 Å². The van der Waals surface area contributed by atoms with Gasteiger partial charge in [0.1, 0.15) is 0 Å². The van der Waals surface area contributed by atoms with E-state index in [1.54, 1.807) is 6.08 Å². The lowest BCUT2D eigenvalue weighted by molar-refractivity contribution is -0.116. The summed E-state index contributed by atoms with van der Waals surface area (Å²) < 4.78 is 0. The van der Waals surface area contributed by atoms with Crippen molar-refractivity contribution in [1.82, 2.24) is 0 Å². The maximum atomic E-state index is 10.9. The zero-order valence-electron chi connectivity index (χ0n) is 8.42. The van der Waals surface area contributed by atoms with Gasteiger partial charge in [-0.25, -0.2) is 0 Å². The second-order valence-corrected chi connectivity index (χ2v) is 3.11. The maximum Gasteiger partial charge on any atom is 0.224 e. The molecule has 1 heterocycles. The minimum atomic E-state index is 0. The molecule has 1 aromatic rings. The van der Waals surface area contributed by atoms with Crippen molar-refractivity contribution in [3.8, 4) is 0 Å². The van der Waals surface area contributed by atoms with Gasteiger partial charge in [0.15, 0.2) is 0 Å². The Kier molecular flexibility index (Phi) is 3.92. The summed E-state index contributed by atoms with van der Waals surface area (Å²) in [6.45, 7) is 5.25. The molecule has 0 bridgehead atoms. The lowest BCUT2D eigenvalue weighted by Crippen LogP contribution is -2.18. The summed E-state index contributed by atoms with van der Waals surface area (Å²) in [6.07, 6.45) is 3.25. The molecule has 2 rings (SSSR count). The highest BCUT2D eigenvalue weighted by Crippen LogP contribution is 2.20. The normalized spacial score (nSPS) is 13.1. The summed E-state index contributed by atoms with van der Waals surface area (Å²) >= 11 is 0. The summed E-state index contributed by atoms with van der Waals surface area (Å²) in [6, 6.07) is 7.92. The fourth-order valence-corrected chi connectivity index (χ4v) is 1.32. The van der Waals surface area contributed by atoms with E-state index in [4.69, 9.17) is 0 Å². The van der Waals surface area contributed by atoms with Crippen molar-refractivity contribution in [3.05, 3.63) is 42.5 Å². The molecule has 2 heteroatoms. The van der Waals surface area contributed by atoms with Crippen LogP contribution in [0.5, 0.6) is 0 Å². The Morgan fingerprint density at radius 2 is 2.07 bits per heavy atom. The molecule has 1 N–H and O–H groups in total. The van der Waals surface area contributed by atoms with E-state index >= 15 is 0 Å². The number of fused-ring (bicyclic) bond motifs is 1. The predicted octanol–water partition coefficient (Wildman–Crippen LogP) is 3.01. The first kappa shape index (κ1) is 10.5. The second-order valence-electron chi connectivity index (χ2n) is 3.11. The molecule has 0 aromatic heterocycles. The van der Waals surface area contributed by atoms with Crippen LogP contribution in [0.3, 0.4) is 0 Å². The molecule has 1 aromatic carbocycles. The summed E-state index contributed by atoms with van der Waals surface area (Å²) in [4.78, 5) is 10.9. The third-order valence-corrected chi connectivity index (χ3v) is 1.91. The Morgan fingerprint density at radius 1 is 1.43 bits per heavy atom. The van der Waals surface area contributed by atoms with Crippen molar-refractivity contribution in [2.75, 3.05) is 5.32 Å². The molecule has 14 heavy (non-hydrogen) atoms. The predicted molar refractivity (Wildman–Crippen MR) is 61.4 cm³/mol. The van der Waals surface area contributed by atoms with Crippen LogP contribution in [-0.2, 0) is 11.2 Å². The van der Waals surface area contributed by atoms with Gasteiger partial charge >= 0.3 is 0 Å². The van der Waals surface area contributed by atoms with Gasteiger partial charge in [0.25, 0.3) is 0 Å². The van der Waals surface area contributed by atoms with Crippen LogP contribution in [-0.4, -0.2) is 5.91 Å². The number of hydrogen-bond donors (Lipinski definition) is 1. The number of allylic oxidation sites excluding steroid dienone is 1. The molecule has 0 unspecified atom stereocenters. The zero-order chi connectivity index (χ0) is 10.4. The molecular weight excluding hydrogens is 174 g/mol. The van der Waals surface area contributed by atoms with Crippen LogP contribution in [0.25, 0.3) is 0 Å². The first-order chi connectivity index (χ1) is 6.77. The molecule has 0 spiro atoms. The number of nitrogens with one attached hydrogen (secondary N) is 1. The SMILES string of the molecule is C=CC.O=C1CCc2ccccc2N1.[HH]. The zero-order valence-corrected chi connectivity index (χ0v) is 8.42. The van der Waals surface area contributed by atoms with Crippen molar-refractivity contribution in [3.63, 3.8) is 0 Å². The molecule has 1 amide bonds. The van der Waals surface area contributed by atoms with Gasteiger partial charge in [0, 0.05) is 13.5 Å². The summed E-state index contributed by atoms with van der Waals surface area (Å²) in [5.74, 6) is 0.128. The molecular formula is C12H17NO. The Balaban J connectivity index is 0.000000443. The van der Waals surface area contributed by atoms with E-state index in [0.29, 0.717) is 6.42 Å². The van der Waals surface area contributed by atoms with E-state index in [9.17, 15) is 4.79 Å². The monoisotopic (exact) mass is 191 g/mol. The van der Waals surface area contributed by atoms with Crippen LogP contribution in [0.4, 0.5) is 5.69 Å². The molecule has 1 aliphatic rings. The third-order valence-electron chi connectivity index (χ3n) is 1.91. The topological polar surface area (TPSA) is 29.1 Å². The average Bonchev–Trinajstić information content (AvgIpc) is 2.19. The maximum absolute atomic E-state index is 10.9. The van der Waals surface area contributed by atoms with E-state index in [0.717, 1.165) is 12.1 Å². The van der Waals surface area contributed by atoms with E-state index < -0.39 is 0 Å². The molecule has 0 saturated carbocycles. The Bertz CT molecular complexity index is 336. The summed E-state index contributed by atoms with van der Waals surface area (Å²) in [7, 11) is 0. The van der Waals surface area contributed by atoms with E-state index in [-0.39, 0.29) is 7.33 Å². The van der Waals surface area contributed by atoms with Crippen LogP contribution in [0.2, 0.25) is 0 Å². The summed E-state index contributed by atoms with van der Waals surface area (Å²) in [5.41, 5.74) is 2.22. The fraction of sp³-hybridized carbons (Fsp3) is 0.250. The van der Waals surface area contributed by atoms with Crippen molar-refractivity contribution in [2.45, 2.75) is 19.8 Å². The van der Waals surface area contributed by atoms with Gasteiger partial charge < -0.3 is 5.32 Å². The average molecular weight is 191 g/mol. The first-order valence-corrected chi connectivity index (χ1v) is 4.72. The van der Waals surface area contributed by atoms with Crippen LogP contribution >= 0.6 is 0 Å². The van der Waals surface area contributed by atoms with Gasteiger partial charge in [-0.2, -0.15) is 0 Å². The van der Waals surface area contributed by atoms with Crippen molar-refractivity contribution >= 4 is 11.6 Å². The number of hydrogen-bond acceptors (Lipinski definition) is 1. The number of rotatable bonds is 0. The molecule has 0 radical (unpaired) electrons. The number of para-hydroxylation sites is 1. The Labute approximate surface area is 86.1 Å². The van der Waals surface area contributed by atoms with Crippen LogP contribution < -0.4 is 5.32 Å². The smallest absolute Gasteiger partial charge is 0.224 e. The van der Waals surface area contributed by atoms with Gasteiger partial charge in [-0.3, -0.25) is 4.79 Å². The molecule has 0 fully saturated rings. The van der Waals surface area contributed by atoms with Gasteiger partial charge in [0.2, 0.25) is 5.91 Å². The number of amides is 1. The Hall–Kier alpha value is -1.57.